The van der Waals surface area contributed by atoms with E-state index in [1.165, 1.54) is 59.7 Å². The van der Waals surface area contributed by atoms with E-state index >= 15 is 0 Å². The number of amides is 1. The molecule has 1 aliphatic heterocycles. The zero-order valence-electron chi connectivity index (χ0n) is 21.6. The fourth-order valence-electron chi connectivity index (χ4n) is 3.87. The summed E-state index contributed by atoms with van der Waals surface area (Å²) >= 11 is 6.28. The summed E-state index contributed by atoms with van der Waals surface area (Å²) in [7, 11) is 0. The molecule has 9 nitrogen and oxygen atoms in total. The largest absolute Gasteiger partial charge is 0.573 e. The Morgan fingerprint density at radius 1 is 1.07 bits per heavy atom. The van der Waals surface area contributed by atoms with Gasteiger partial charge in [-0.1, -0.05) is 54.2 Å². The quantitative estimate of drug-likeness (QED) is 0.114. The lowest BCUT2D eigenvalue weighted by molar-refractivity contribution is -0.274. The molecule has 2 heterocycles. The minimum atomic E-state index is -4.78. The molecule has 1 amide bonds. The molecule has 0 aliphatic carbocycles. The van der Waals surface area contributed by atoms with E-state index in [1.807, 2.05) is 0 Å². The van der Waals surface area contributed by atoms with Crippen molar-refractivity contribution in [3.63, 3.8) is 0 Å². The van der Waals surface area contributed by atoms with Crippen molar-refractivity contribution in [1.82, 2.24) is 20.2 Å². The van der Waals surface area contributed by atoms with Gasteiger partial charge in [0.1, 0.15) is 12.1 Å². The molecular weight excluding hydrogens is 613 g/mol. The zero-order chi connectivity index (χ0) is 30.6. The number of hydrogen-bond donors (Lipinski definition) is 1. The Bertz CT molecular complexity index is 1690. The molecule has 1 saturated heterocycles. The molecule has 1 aromatic heterocycles. The van der Waals surface area contributed by atoms with Gasteiger partial charge in [-0.15, -0.1) is 18.3 Å². The number of alkyl halides is 5. The Hall–Kier alpha value is -4.70. The fraction of sp³-hybridized carbons (Fsp3) is 0.111. The van der Waals surface area contributed by atoms with Crippen molar-refractivity contribution in [3.8, 4) is 22.8 Å². The summed E-state index contributed by atoms with van der Waals surface area (Å²) < 4.78 is 69.4. The highest BCUT2D eigenvalue weighted by atomic mass is 32.2. The summed E-state index contributed by atoms with van der Waals surface area (Å²) in [5.74, 6) is -0.321. The number of carbonyl (C=O) groups is 1. The smallest absolute Gasteiger partial charge is 0.406 e. The first-order valence-corrected chi connectivity index (χ1v) is 13.6. The number of carbonyl (C=O) groups excluding carboxylic acids is 1. The standard InChI is InChI=1S/C27H18F5N7O2S2/c28-23(29)20-3-1-2-4-21(20)39-22(40)14-43-26(39)35-25(42)36-34-13-16-5-7-17(8-6-16)24-33-15-38(37-24)18-9-11-19(12-10-18)41-27(30,31)32/h1-13,15,23H,14H2,(H,36,42)/b34-13+,35-26?. The van der Waals surface area contributed by atoms with Gasteiger partial charge in [-0.25, -0.2) is 18.4 Å². The Balaban J connectivity index is 1.21. The summed E-state index contributed by atoms with van der Waals surface area (Å²) in [5, 5.41) is 8.50. The maximum atomic E-state index is 13.5. The molecule has 0 saturated carbocycles. The number of thiocarbonyl (C=S) groups is 1. The molecule has 0 unspecified atom stereocenters. The van der Waals surface area contributed by atoms with Crippen molar-refractivity contribution in [2.45, 2.75) is 12.8 Å². The van der Waals surface area contributed by atoms with Gasteiger partial charge in [-0.3, -0.25) is 15.1 Å². The van der Waals surface area contributed by atoms with Crippen LogP contribution in [-0.2, 0) is 4.79 Å². The lowest BCUT2D eigenvalue weighted by Gasteiger charge is -2.19. The first-order valence-electron chi connectivity index (χ1n) is 12.2. The monoisotopic (exact) mass is 631 g/mol. The number of halogens is 5. The van der Waals surface area contributed by atoms with Gasteiger partial charge in [0.05, 0.1) is 23.3 Å². The van der Waals surface area contributed by atoms with Gasteiger partial charge >= 0.3 is 6.36 Å². The Morgan fingerprint density at radius 3 is 2.49 bits per heavy atom. The SMILES string of the molecule is O=C1CSC(=NC(=S)N/N=C/c2ccc(-c3ncn(-c4ccc(OC(F)(F)F)cc4)n3)cc2)N1c1ccccc1C(F)F. The van der Waals surface area contributed by atoms with Crippen LogP contribution in [0.4, 0.5) is 27.6 Å². The van der Waals surface area contributed by atoms with Crippen LogP contribution >= 0.6 is 24.0 Å². The van der Waals surface area contributed by atoms with Gasteiger partial charge in [0.2, 0.25) is 11.0 Å². The van der Waals surface area contributed by atoms with Crippen LogP contribution in [0.25, 0.3) is 17.1 Å². The van der Waals surface area contributed by atoms with E-state index in [2.05, 4.69) is 30.3 Å². The van der Waals surface area contributed by atoms with Crippen LogP contribution < -0.4 is 15.1 Å². The Labute approximate surface area is 250 Å². The molecule has 220 valence electrons. The molecule has 1 N–H and O–H groups in total. The van der Waals surface area contributed by atoms with E-state index in [1.54, 1.807) is 30.3 Å². The van der Waals surface area contributed by atoms with Crippen LogP contribution in [0.5, 0.6) is 5.75 Å². The molecule has 43 heavy (non-hydrogen) atoms. The maximum Gasteiger partial charge on any atom is 0.573 e. The maximum absolute atomic E-state index is 13.5. The number of amidine groups is 1. The molecule has 1 aliphatic rings. The van der Waals surface area contributed by atoms with E-state index in [0.29, 0.717) is 22.6 Å². The van der Waals surface area contributed by atoms with Gasteiger partial charge in [-0.05, 0) is 48.1 Å². The number of nitrogens with zero attached hydrogens (tertiary/aromatic N) is 6. The van der Waals surface area contributed by atoms with Crippen LogP contribution in [-0.4, -0.2) is 49.3 Å². The summed E-state index contributed by atoms with van der Waals surface area (Å²) in [6.07, 6.45) is -4.64. The average molecular weight is 632 g/mol. The lowest BCUT2D eigenvalue weighted by Crippen LogP contribution is -2.31. The third kappa shape index (κ3) is 7.39. The Kier molecular flexibility index (Phi) is 8.77. The Morgan fingerprint density at radius 2 is 1.79 bits per heavy atom. The average Bonchev–Trinajstić information content (AvgIpc) is 3.60. The number of hydrogen-bond acceptors (Lipinski definition) is 7. The van der Waals surface area contributed by atoms with Crippen LogP contribution in [0.2, 0.25) is 0 Å². The van der Waals surface area contributed by atoms with Gasteiger partial charge in [0.25, 0.3) is 6.43 Å². The molecule has 3 aromatic carbocycles. The van der Waals surface area contributed by atoms with Crippen LogP contribution in [0.15, 0.2) is 89.2 Å². The number of aliphatic imine (C=N–C) groups is 1. The minimum absolute atomic E-state index is 0.0327. The third-order valence-corrected chi connectivity index (χ3v) is 6.85. The lowest BCUT2D eigenvalue weighted by atomic mass is 10.1. The number of para-hydroxylation sites is 1. The second-order valence-corrected chi connectivity index (χ2v) is 9.95. The molecule has 16 heteroatoms. The molecule has 0 spiro atoms. The number of thioether (sulfide) groups is 1. The van der Waals surface area contributed by atoms with Crippen molar-refractivity contribution in [1.29, 1.82) is 0 Å². The number of hydrazone groups is 1. The van der Waals surface area contributed by atoms with Gasteiger partial charge < -0.3 is 4.74 Å². The highest BCUT2D eigenvalue weighted by molar-refractivity contribution is 8.15. The van der Waals surface area contributed by atoms with Crippen molar-refractivity contribution in [3.05, 3.63) is 90.3 Å². The van der Waals surface area contributed by atoms with Crippen LogP contribution in [0.3, 0.4) is 0 Å². The predicted octanol–water partition coefficient (Wildman–Crippen LogP) is 6.11. The fourth-order valence-corrected chi connectivity index (χ4v) is 4.93. The molecule has 0 bridgehead atoms. The highest BCUT2D eigenvalue weighted by Crippen LogP contribution is 2.34. The molecular formula is C27H18F5N7O2S2. The van der Waals surface area contributed by atoms with Crippen molar-refractivity contribution in [2.75, 3.05) is 10.7 Å². The second-order valence-electron chi connectivity index (χ2n) is 8.62. The number of nitrogens with one attached hydrogen (secondary N) is 1. The minimum Gasteiger partial charge on any atom is -0.406 e. The van der Waals surface area contributed by atoms with Gasteiger partial charge in [0.15, 0.2) is 11.0 Å². The van der Waals surface area contributed by atoms with Crippen molar-refractivity contribution in [2.24, 2.45) is 10.1 Å². The van der Waals surface area contributed by atoms with Crippen LogP contribution in [0, 0.1) is 0 Å². The van der Waals surface area contributed by atoms with Crippen LogP contribution in [0.1, 0.15) is 17.6 Å². The number of aromatic nitrogens is 3. The van der Waals surface area contributed by atoms with Gasteiger partial charge in [0, 0.05) is 11.1 Å². The summed E-state index contributed by atoms with van der Waals surface area (Å²) in [6, 6.07) is 17.9. The zero-order valence-corrected chi connectivity index (χ0v) is 23.2. The first kappa shape index (κ1) is 29.8. The summed E-state index contributed by atoms with van der Waals surface area (Å²) in [6.45, 7) is 0. The first-order chi connectivity index (χ1) is 20.6. The van der Waals surface area contributed by atoms with E-state index in [4.69, 9.17) is 12.2 Å². The summed E-state index contributed by atoms with van der Waals surface area (Å²) in [5.41, 5.74) is 4.19. The number of benzene rings is 3. The van der Waals surface area contributed by atoms with E-state index < -0.39 is 18.7 Å². The van der Waals surface area contributed by atoms with E-state index in [-0.39, 0.29) is 33.0 Å². The van der Waals surface area contributed by atoms with E-state index in [9.17, 15) is 26.7 Å². The molecule has 0 radical (unpaired) electrons. The number of ether oxygens (including phenoxy) is 1. The predicted molar refractivity (Wildman–Crippen MR) is 156 cm³/mol. The van der Waals surface area contributed by atoms with Gasteiger partial charge in [-0.2, -0.15) is 10.1 Å². The van der Waals surface area contributed by atoms with Crippen molar-refractivity contribution < 1.29 is 31.5 Å². The van der Waals surface area contributed by atoms with E-state index in [0.717, 1.165) is 16.7 Å². The second kappa shape index (κ2) is 12.7. The molecule has 0 atom stereocenters. The third-order valence-electron chi connectivity index (χ3n) is 5.74. The number of anilines is 1. The molecule has 1 fully saturated rings. The number of rotatable bonds is 7. The topological polar surface area (TPSA) is 97.0 Å². The molecule has 5 rings (SSSR count). The normalized spacial score (nSPS) is 14.7. The molecule has 4 aromatic rings. The summed E-state index contributed by atoms with van der Waals surface area (Å²) in [4.78, 5) is 22.0. The highest BCUT2D eigenvalue weighted by Gasteiger charge is 2.33. The van der Waals surface area contributed by atoms with Crippen molar-refractivity contribution >= 4 is 52.1 Å².